The second kappa shape index (κ2) is 9.14. The lowest BCUT2D eigenvalue weighted by Gasteiger charge is -2.21. The van der Waals surface area contributed by atoms with Gasteiger partial charge in [0, 0.05) is 30.7 Å². The first-order valence-electron chi connectivity index (χ1n) is 9.22. The summed E-state index contributed by atoms with van der Waals surface area (Å²) in [5.41, 5.74) is 0.865. The summed E-state index contributed by atoms with van der Waals surface area (Å²) in [4.78, 5) is 36.8. The number of carbonyl (C=O) groups is 2. The number of amides is 1. The molecular weight excluding hydrogens is 422 g/mol. The van der Waals surface area contributed by atoms with Gasteiger partial charge in [0.25, 0.3) is 5.91 Å². The number of hydrogen-bond acceptors (Lipinski definition) is 9. The van der Waals surface area contributed by atoms with Crippen molar-refractivity contribution < 1.29 is 14.3 Å². The smallest absolute Gasteiger partial charge is 0.326 e. The maximum absolute atomic E-state index is 12.8. The molecule has 0 bridgehead atoms. The maximum Gasteiger partial charge on any atom is 0.326 e. The largest absolute Gasteiger partial charge is 0.454 e. The first-order valence-corrected chi connectivity index (χ1v) is 11.0. The Hall–Kier alpha value is -3.11. The van der Waals surface area contributed by atoms with E-state index in [0.29, 0.717) is 12.4 Å². The van der Waals surface area contributed by atoms with Crippen LogP contribution in [0.3, 0.4) is 0 Å². The molecule has 4 heterocycles. The number of likely N-dealkylation sites (N-methyl/N-ethyl adjacent to an activating group) is 1. The Kier molecular flexibility index (Phi) is 6.15. The zero-order chi connectivity index (χ0) is 20.9. The third kappa shape index (κ3) is 4.55. The molecule has 1 aliphatic heterocycles. The number of aromatic nitrogens is 2. The fraction of sp³-hybridized carbons (Fsp3) is 0.250. The van der Waals surface area contributed by atoms with Crippen molar-refractivity contribution in [1.82, 2.24) is 15.0 Å². The van der Waals surface area contributed by atoms with Crippen LogP contribution in [0.25, 0.3) is 0 Å². The van der Waals surface area contributed by atoms with E-state index < -0.39 is 5.97 Å². The number of anilines is 1. The lowest BCUT2D eigenvalue weighted by atomic mass is 10.1. The number of carbonyl (C=O) groups excluding carboxylic acids is 2. The summed E-state index contributed by atoms with van der Waals surface area (Å²) in [6.45, 7) is -0.430. The van der Waals surface area contributed by atoms with Crippen LogP contribution in [0, 0.1) is 0 Å². The van der Waals surface area contributed by atoms with Crippen molar-refractivity contribution in [3.8, 4) is 0 Å². The Morgan fingerprint density at radius 1 is 1.17 bits per heavy atom. The first-order chi connectivity index (χ1) is 14.6. The molecule has 10 heteroatoms. The second-order valence-electron chi connectivity index (χ2n) is 6.56. The average Bonchev–Trinajstić information content (AvgIpc) is 3.53. The summed E-state index contributed by atoms with van der Waals surface area (Å²) in [5.74, 6) is -0.483. The predicted octanol–water partition coefficient (Wildman–Crippen LogP) is 2.96. The highest BCUT2D eigenvalue weighted by atomic mass is 32.1. The average molecular weight is 442 g/mol. The van der Waals surface area contributed by atoms with Gasteiger partial charge in [0.1, 0.15) is 6.54 Å². The van der Waals surface area contributed by atoms with E-state index in [1.165, 1.54) is 5.01 Å². The number of thiophene rings is 2. The van der Waals surface area contributed by atoms with Gasteiger partial charge in [-0.2, -0.15) is 5.10 Å². The fourth-order valence-electron chi connectivity index (χ4n) is 3.04. The van der Waals surface area contributed by atoms with E-state index in [-0.39, 0.29) is 25.1 Å². The topological polar surface area (TPSA) is 88.0 Å². The molecule has 30 heavy (non-hydrogen) atoms. The van der Waals surface area contributed by atoms with Crippen LogP contribution < -0.4 is 4.90 Å². The highest BCUT2D eigenvalue weighted by Crippen LogP contribution is 2.35. The summed E-state index contributed by atoms with van der Waals surface area (Å²) in [5, 5.41) is 9.95. The van der Waals surface area contributed by atoms with E-state index in [0.717, 1.165) is 15.5 Å². The molecule has 1 amide bonds. The third-order valence-electron chi connectivity index (χ3n) is 4.46. The molecule has 8 nitrogen and oxygen atoms in total. The number of esters is 1. The molecule has 0 radical (unpaired) electrons. The van der Waals surface area contributed by atoms with Crippen molar-refractivity contribution >= 4 is 46.2 Å². The molecule has 0 spiro atoms. The molecule has 1 atom stereocenters. The van der Waals surface area contributed by atoms with Crippen molar-refractivity contribution in [2.24, 2.45) is 5.10 Å². The highest BCUT2D eigenvalue weighted by Gasteiger charge is 2.34. The van der Waals surface area contributed by atoms with Crippen LogP contribution in [-0.4, -0.2) is 52.8 Å². The Morgan fingerprint density at radius 2 is 1.93 bits per heavy atom. The summed E-state index contributed by atoms with van der Waals surface area (Å²) in [6, 6.07) is 9.40. The molecule has 1 unspecified atom stereocenters. The van der Waals surface area contributed by atoms with Gasteiger partial charge in [-0.25, -0.2) is 15.0 Å². The van der Waals surface area contributed by atoms with Gasteiger partial charge in [-0.3, -0.25) is 9.59 Å². The minimum absolute atomic E-state index is 0.0602. The summed E-state index contributed by atoms with van der Waals surface area (Å²) < 4.78 is 5.21. The van der Waals surface area contributed by atoms with E-state index >= 15 is 0 Å². The Morgan fingerprint density at radius 3 is 2.63 bits per heavy atom. The zero-order valence-corrected chi connectivity index (χ0v) is 17.8. The molecule has 3 aromatic heterocycles. The molecule has 3 aromatic rings. The highest BCUT2D eigenvalue weighted by molar-refractivity contribution is 7.12. The van der Waals surface area contributed by atoms with Gasteiger partial charge in [-0.15, -0.1) is 22.7 Å². The number of hydrazone groups is 1. The number of hydrogen-bond donors (Lipinski definition) is 0. The Balaban J connectivity index is 1.39. The van der Waals surface area contributed by atoms with Crippen molar-refractivity contribution in [1.29, 1.82) is 0 Å². The normalized spacial score (nSPS) is 15.7. The minimum atomic E-state index is -0.535. The van der Waals surface area contributed by atoms with Crippen molar-refractivity contribution in [2.75, 3.05) is 25.1 Å². The molecular formula is C20H19N5O3S2. The van der Waals surface area contributed by atoms with Crippen LogP contribution in [0.2, 0.25) is 0 Å². The van der Waals surface area contributed by atoms with Gasteiger partial charge in [-0.05, 0) is 29.0 Å². The van der Waals surface area contributed by atoms with Crippen LogP contribution in [0.1, 0.15) is 22.2 Å². The van der Waals surface area contributed by atoms with Crippen molar-refractivity contribution in [2.45, 2.75) is 12.5 Å². The van der Waals surface area contributed by atoms with Crippen molar-refractivity contribution in [3.63, 3.8) is 0 Å². The standard InChI is InChI=1S/C20H19N5O3S2/c1-24(20-21-7-4-8-22-20)12-19(27)28-13-18(26)25-15(17-6-3-10-30-17)11-14(23-25)16-5-2-9-29-16/h2-10,15H,11-13H2,1H3. The number of rotatable bonds is 7. The van der Waals surface area contributed by atoms with Crippen LogP contribution in [-0.2, 0) is 14.3 Å². The molecule has 154 valence electrons. The predicted molar refractivity (Wildman–Crippen MR) is 116 cm³/mol. The number of nitrogens with zero attached hydrogens (tertiary/aromatic N) is 5. The lowest BCUT2D eigenvalue weighted by molar-refractivity contribution is -0.151. The first kappa shape index (κ1) is 20.2. The van der Waals surface area contributed by atoms with Gasteiger partial charge in [0.05, 0.1) is 16.6 Å². The molecule has 4 rings (SSSR count). The fourth-order valence-corrected chi connectivity index (χ4v) is 4.57. The van der Waals surface area contributed by atoms with Gasteiger partial charge in [0.15, 0.2) is 6.61 Å². The monoisotopic (exact) mass is 441 g/mol. The molecule has 1 aliphatic rings. The van der Waals surface area contributed by atoms with E-state index in [1.54, 1.807) is 53.1 Å². The van der Waals surface area contributed by atoms with Crippen LogP contribution in [0.5, 0.6) is 0 Å². The van der Waals surface area contributed by atoms with Gasteiger partial charge >= 0.3 is 5.97 Å². The summed E-state index contributed by atoms with van der Waals surface area (Å²) >= 11 is 3.17. The molecule has 0 saturated heterocycles. The summed E-state index contributed by atoms with van der Waals surface area (Å²) in [7, 11) is 1.68. The SMILES string of the molecule is CN(CC(=O)OCC(=O)N1N=C(c2cccs2)CC1c1cccs1)c1ncccn1. The van der Waals surface area contributed by atoms with Gasteiger partial charge in [-0.1, -0.05) is 12.1 Å². The van der Waals surface area contributed by atoms with Gasteiger partial charge < -0.3 is 9.64 Å². The van der Waals surface area contributed by atoms with E-state index in [1.807, 2.05) is 35.0 Å². The zero-order valence-electron chi connectivity index (χ0n) is 16.2. The lowest BCUT2D eigenvalue weighted by Crippen LogP contribution is -2.34. The molecule has 0 aromatic carbocycles. The van der Waals surface area contributed by atoms with Gasteiger partial charge in [0.2, 0.25) is 5.95 Å². The third-order valence-corrected chi connectivity index (χ3v) is 6.35. The van der Waals surface area contributed by atoms with Crippen LogP contribution >= 0.6 is 22.7 Å². The Bertz CT molecular complexity index is 1020. The van der Waals surface area contributed by atoms with E-state index in [4.69, 9.17) is 4.74 Å². The van der Waals surface area contributed by atoms with E-state index in [9.17, 15) is 9.59 Å². The van der Waals surface area contributed by atoms with E-state index in [2.05, 4.69) is 15.1 Å². The Labute approximate surface area is 181 Å². The molecule has 0 aliphatic carbocycles. The van der Waals surface area contributed by atoms with Crippen LogP contribution in [0.4, 0.5) is 5.95 Å². The van der Waals surface area contributed by atoms with Crippen LogP contribution in [0.15, 0.2) is 58.6 Å². The second-order valence-corrected chi connectivity index (χ2v) is 8.49. The minimum Gasteiger partial charge on any atom is -0.454 e. The molecule has 0 fully saturated rings. The molecule has 0 N–H and O–H groups in total. The quantitative estimate of drug-likeness (QED) is 0.524. The van der Waals surface area contributed by atoms with Crippen molar-refractivity contribution in [3.05, 3.63) is 63.2 Å². The summed E-state index contributed by atoms with van der Waals surface area (Å²) in [6.07, 6.45) is 3.82. The maximum atomic E-state index is 12.8. The molecule has 0 saturated carbocycles. The number of ether oxygens (including phenoxy) is 1.